The normalized spacial score (nSPS) is 20.0. The average molecular weight is 492 g/mol. The van der Waals surface area contributed by atoms with E-state index in [1.165, 1.54) is 12.0 Å². The van der Waals surface area contributed by atoms with Gasteiger partial charge in [-0.05, 0) is 62.4 Å². The Labute approximate surface area is 216 Å². The van der Waals surface area contributed by atoms with Crippen LogP contribution in [0, 0.1) is 11.3 Å². The number of anilines is 1. The van der Waals surface area contributed by atoms with E-state index >= 15 is 0 Å². The third kappa shape index (κ3) is 4.01. The van der Waals surface area contributed by atoms with Crippen LogP contribution in [0.2, 0.25) is 0 Å². The number of carbonyl (C=O) groups is 1. The van der Waals surface area contributed by atoms with E-state index in [1.54, 1.807) is 24.7 Å². The van der Waals surface area contributed by atoms with Crippen molar-refractivity contribution in [2.75, 3.05) is 18.0 Å². The summed E-state index contributed by atoms with van der Waals surface area (Å²) in [5.74, 6) is 2.12. The molecule has 2 aliphatic rings. The molecule has 1 saturated heterocycles. The number of fused-ring (bicyclic) bond motifs is 1. The molecular formula is C29H29N7O. The van der Waals surface area contributed by atoms with Crippen molar-refractivity contribution in [3.05, 3.63) is 77.9 Å². The maximum absolute atomic E-state index is 13.3. The summed E-state index contributed by atoms with van der Waals surface area (Å²) < 4.78 is 2.00. The Balaban J connectivity index is 1.40. The highest BCUT2D eigenvalue weighted by Crippen LogP contribution is 2.43. The lowest BCUT2D eigenvalue weighted by atomic mass is 9.80. The molecule has 0 radical (unpaired) electrons. The van der Waals surface area contributed by atoms with E-state index in [0.29, 0.717) is 30.4 Å². The number of nitriles is 1. The van der Waals surface area contributed by atoms with Gasteiger partial charge in [0.1, 0.15) is 18.0 Å². The van der Waals surface area contributed by atoms with Gasteiger partial charge >= 0.3 is 0 Å². The van der Waals surface area contributed by atoms with Crippen molar-refractivity contribution in [2.45, 2.75) is 51.1 Å². The van der Waals surface area contributed by atoms with Gasteiger partial charge in [-0.25, -0.2) is 15.0 Å². The summed E-state index contributed by atoms with van der Waals surface area (Å²) in [7, 11) is 0. The van der Waals surface area contributed by atoms with Gasteiger partial charge in [-0.15, -0.1) is 0 Å². The minimum absolute atomic E-state index is 0.0251. The summed E-state index contributed by atoms with van der Waals surface area (Å²) in [6.45, 7) is 5.56. The summed E-state index contributed by atoms with van der Waals surface area (Å²) in [6, 6.07) is 15.3. The van der Waals surface area contributed by atoms with Crippen molar-refractivity contribution in [1.82, 2.24) is 24.4 Å². The predicted octanol–water partition coefficient (Wildman–Crippen LogP) is 4.69. The van der Waals surface area contributed by atoms with Crippen LogP contribution in [0.3, 0.4) is 0 Å². The van der Waals surface area contributed by atoms with E-state index in [4.69, 9.17) is 9.97 Å². The first kappa shape index (κ1) is 23.2. The Morgan fingerprint density at radius 1 is 1.03 bits per heavy atom. The molecule has 1 aliphatic carbocycles. The first-order chi connectivity index (χ1) is 18.0. The molecule has 4 heterocycles. The minimum Gasteiger partial charge on any atom is -0.349 e. The molecule has 8 nitrogen and oxygen atoms in total. The van der Waals surface area contributed by atoms with Crippen LogP contribution in [0.25, 0.3) is 16.9 Å². The molecule has 186 valence electrons. The van der Waals surface area contributed by atoms with Crippen molar-refractivity contribution in [3.8, 4) is 11.9 Å². The molecule has 0 unspecified atom stereocenters. The second kappa shape index (κ2) is 9.32. The lowest BCUT2D eigenvalue weighted by Gasteiger charge is -2.45. The third-order valence-corrected chi connectivity index (χ3v) is 7.80. The Hall–Kier alpha value is -4.25. The molecular weight excluding hydrogens is 462 g/mol. The van der Waals surface area contributed by atoms with Crippen LogP contribution >= 0.6 is 0 Å². The molecule has 1 aromatic carbocycles. The molecule has 1 aliphatic heterocycles. The summed E-state index contributed by atoms with van der Waals surface area (Å²) in [6.07, 6.45) is 8.92. The third-order valence-electron chi connectivity index (χ3n) is 7.80. The van der Waals surface area contributed by atoms with Crippen molar-refractivity contribution >= 4 is 22.8 Å². The van der Waals surface area contributed by atoms with Crippen LogP contribution < -0.4 is 4.90 Å². The highest BCUT2D eigenvalue weighted by molar-refractivity contribution is 5.95. The maximum Gasteiger partial charge on any atom is 0.254 e. The predicted molar refractivity (Wildman–Crippen MR) is 142 cm³/mol. The summed E-state index contributed by atoms with van der Waals surface area (Å²) >= 11 is 0. The number of rotatable bonds is 4. The first-order valence-electron chi connectivity index (χ1n) is 12.9. The van der Waals surface area contributed by atoms with Crippen LogP contribution in [0.15, 0.2) is 61.2 Å². The van der Waals surface area contributed by atoms with E-state index in [0.717, 1.165) is 35.3 Å². The number of carbonyl (C=O) groups excluding carboxylic acids is 1. The number of amides is 1. The molecule has 6 rings (SSSR count). The van der Waals surface area contributed by atoms with Crippen LogP contribution in [-0.2, 0) is 0 Å². The number of piperazine rings is 1. The number of pyridine rings is 1. The fraction of sp³-hybridized carbons (Fsp3) is 0.345. The zero-order chi connectivity index (χ0) is 25.5. The lowest BCUT2D eigenvalue weighted by Crippen LogP contribution is -2.58. The van der Waals surface area contributed by atoms with E-state index in [1.807, 2.05) is 39.8 Å². The molecule has 8 heteroatoms. The van der Waals surface area contributed by atoms with Crippen molar-refractivity contribution in [2.24, 2.45) is 0 Å². The number of nitrogens with zero attached hydrogens (tertiary/aromatic N) is 7. The van der Waals surface area contributed by atoms with Gasteiger partial charge in [-0.1, -0.05) is 24.6 Å². The molecule has 0 bridgehead atoms. The Morgan fingerprint density at radius 2 is 1.84 bits per heavy atom. The molecule has 3 aromatic heterocycles. The van der Waals surface area contributed by atoms with Gasteiger partial charge in [0.15, 0.2) is 5.65 Å². The molecule has 2 fully saturated rings. The Kier molecular flexibility index (Phi) is 5.84. The van der Waals surface area contributed by atoms with Gasteiger partial charge in [0.05, 0.1) is 17.0 Å². The minimum atomic E-state index is 0.0251. The largest absolute Gasteiger partial charge is 0.349 e. The molecule has 0 N–H and O–H groups in total. The van der Waals surface area contributed by atoms with Crippen LogP contribution in [0.4, 0.5) is 5.82 Å². The number of benzene rings is 1. The van der Waals surface area contributed by atoms with Crippen LogP contribution in [-0.4, -0.2) is 55.5 Å². The quantitative estimate of drug-likeness (QED) is 0.411. The van der Waals surface area contributed by atoms with Crippen molar-refractivity contribution in [1.29, 1.82) is 5.26 Å². The topological polar surface area (TPSA) is 90.9 Å². The Bertz CT molecular complexity index is 1500. The van der Waals surface area contributed by atoms with Gasteiger partial charge in [-0.2, -0.15) is 5.26 Å². The van der Waals surface area contributed by atoms with Crippen LogP contribution in [0.5, 0.6) is 0 Å². The monoisotopic (exact) mass is 491 g/mol. The van der Waals surface area contributed by atoms with Crippen LogP contribution in [0.1, 0.15) is 60.5 Å². The number of aromatic nitrogens is 4. The van der Waals surface area contributed by atoms with Crippen molar-refractivity contribution in [3.63, 3.8) is 0 Å². The molecule has 37 heavy (non-hydrogen) atoms. The van der Waals surface area contributed by atoms with Crippen molar-refractivity contribution < 1.29 is 4.79 Å². The van der Waals surface area contributed by atoms with E-state index in [-0.39, 0.29) is 18.0 Å². The van der Waals surface area contributed by atoms with E-state index in [9.17, 15) is 10.1 Å². The number of hydrogen-bond donors (Lipinski definition) is 0. The highest BCUT2D eigenvalue weighted by atomic mass is 16.2. The lowest BCUT2D eigenvalue weighted by molar-refractivity contribution is 0.0644. The summed E-state index contributed by atoms with van der Waals surface area (Å²) in [5.41, 5.74) is 3.32. The molecule has 1 amide bonds. The first-order valence-corrected chi connectivity index (χ1v) is 12.9. The van der Waals surface area contributed by atoms with Gasteiger partial charge in [0, 0.05) is 43.1 Å². The SMILES string of the molecule is C[C@@H]1CN(c2ncnc3c2c(C2CCC2)cn3-c2cc(C#N)ccn2)[C@@H](C)CN1C(=O)c1ccccc1. The molecule has 1 saturated carbocycles. The summed E-state index contributed by atoms with van der Waals surface area (Å²) in [5, 5.41) is 10.5. The Morgan fingerprint density at radius 3 is 2.57 bits per heavy atom. The maximum atomic E-state index is 13.3. The van der Waals surface area contributed by atoms with Gasteiger partial charge in [0.25, 0.3) is 5.91 Å². The second-order valence-corrected chi connectivity index (χ2v) is 10.2. The molecule has 2 atom stereocenters. The fourth-order valence-electron chi connectivity index (χ4n) is 5.57. The standard InChI is InChI=1S/C29H29N7O/c1-19-16-35(29(37)23-7-4-3-5-8-23)20(2)15-34(19)27-26-24(22-9-6-10-22)17-36(28(26)33-18-32-27)25-13-21(14-30)11-12-31-25/h3-5,7-8,11-13,17-20,22H,6,9-10,15-16H2,1-2H3/t19-,20+/m0/s1. The fourth-order valence-corrected chi connectivity index (χ4v) is 5.57. The molecule has 4 aromatic rings. The average Bonchev–Trinajstić information content (AvgIpc) is 3.28. The van der Waals surface area contributed by atoms with Gasteiger partial charge in [-0.3, -0.25) is 9.36 Å². The smallest absolute Gasteiger partial charge is 0.254 e. The van der Waals surface area contributed by atoms with E-state index in [2.05, 4.69) is 36.0 Å². The van der Waals surface area contributed by atoms with Gasteiger partial charge in [0.2, 0.25) is 0 Å². The van der Waals surface area contributed by atoms with E-state index < -0.39 is 0 Å². The second-order valence-electron chi connectivity index (χ2n) is 10.2. The van der Waals surface area contributed by atoms with Gasteiger partial charge < -0.3 is 9.80 Å². The zero-order valence-corrected chi connectivity index (χ0v) is 21.1. The number of hydrogen-bond acceptors (Lipinski definition) is 6. The molecule has 0 spiro atoms. The zero-order valence-electron chi connectivity index (χ0n) is 21.1. The highest BCUT2D eigenvalue weighted by Gasteiger charge is 2.35. The summed E-state index contributed by atoms with van der Waals surface area (Å²) in [4.78, 5) is 31.6.